The van der Waals surface area contributed by atoms with E-state index in [4.69, 9.17) is 34.8 Å². The van der Waals surface area contributed by atoms with Gasteiger partial charge in [0, 0.05) is 12.4 Å². The molecule has 0 aliphatic carbocycles. The van der Waals surface area contributed by atoms with Crippen molar-refractivity contribution in [2.45, 2.75) is 17.7 Å². The summed E-state index contributed by atoms with van der Waals surface area (Å²) in [5, 5.41) is 0. The van der Waals surface area contributed by atoms with Crippen LogP contribution in [0.2, 0.25) is 8.67 Å². The van der Waals surface area contributed by atoms with Crippen LogP contribution in [0.4, 0.5) is 0 Å². The summed E-state index contributed by atoms with van der Waals surface area (Å²) in [7, 11) is -3.55. The second kappa shape index (κ2) is 6.42. The summed E-state index contributed by atoms with van der Waals surface area (Å²) < 4.78 is 26.5. The maximum absolute atomic E-state index is 11.7. The van der Waals surface area contributed by atoms with Crippen molar-refractivity contribution in [3.63, 3.8) is 0 Å². The van der Waals surface area contributed by atoms with Gasteiger partial charge in [0.2, 0.25) is 10.0 Å². The highest BCUT2D eigenvalue weighted by atomic mass is 35.5. The number of unbranched alkanes of at least 4 members (excludes halogenated alkanes) is 1. The summed E-state index contributed by atoms with van der Waals surface area (Å²) in [6.45, 7) is 0.346. The highest BCUT2D eigenvalue weighted by Gasteiger charge is 2.20. The van der Waals surface area contributed by atoms with E-state index in [-0.39, 0.29) is 9.23 Å². The lowest BCUT2D eigenvalue weighted by molar-refractivity contribution is 0.579. The SMILES string of the molecule is O=S(=O)(NCCCCCl)c1cc(Cl)sc1Cl. The van der Waals surface area contributed by atoms with E-state index in [1.165, 1.54) is 6.07 Å². The Morgan fingerprint density at radius 1 is 1.31 bits per heavy atom. The van der Waals surface area contributed by atoms with E-state index < -0.39 is 10.0 Å². The van der Waals surface area contributed by atoms with Crippen molar-refractivity contribution >= 4 is 56.2 Å². The van der Waals surface area contributed by atoms with Gasteiger partial charge in [0.15, 0.2) is 0 Å². The maximum Gasteiger partial charge on any atom is 0.242 e. The van der Waals surface area contributed by atoms with Gasteiger partial charge >= 0.3 is 0 Å². The second-order valence-corrected chi connectivity index (χ2v) is 7.38. The summed E-state index contributed by atoms with van der Waals surface area (Å²) in [6.07, 6.45) is 1.46. The zero-order valence-corrected chi connectivity index (χ0v) is 12.1. The van der Waals surface area contributed by atoms with Crippen LogP contribution < -0.4 is 4.72 Å². The van der Waals surface area contributed by atoms with E-state index in [0.29, 0.717) is 23.2 Å². The lowest BCUT2D eigenvalue weighted by Crippen LogP contribution is -2.24. The molecule has 1 aromatic rings. The number of hydrogen-bond acceptors (Lipinski definition) is 3. The molecule has 0 aliphatic rings. The minimum Gasteiger partial charge on any atom is -0.211 e. The Labute approximate surface area is 114 Å². The molecule has 0 saturated heterocycles. The van der Waals surface area contributed by atoms with Crippen molar-refractivity contribution in [3.8, 4) is 0 Å². The van der Waals surface area contributed by atoms with Crippen LogP contribution in [0.15, 0.2) is 11.0 Å². The van der Waals surface area contributed by atoms with Crippen molar-refractivity contribution in [3.05, 3.63) is 14.7 Å². The Kier molecular flexibility index (Phi) is 5.84. The summed E-state index contributed by atoms with van der Waals surface area (Å²) in [6, 6.07) is 1.35. The predicted octanol–water partition coefficient (Wildman–Crippen LogP) is 3.35. The molecule has 0 radical (unpaired) electrons. The molecule has 1 aromatic heterocycles. The molecular weight excluding hydrogens is 313 g/mol. The first-order valence-electron chi connectivity index (χ1n) is 4.48. The molecule has 0 spiro atoms. The lowest BCUT2D eigenvalue weighted by Gasteiger charge is -2.04. The normalized spacial score (nSPS) is 11.9. The van der Waals surface area contributed by atoms with Gasteiger partial charge in [0.1, 0.15) is 9.23 Å². The third-order valence-electron chi connectivity index (χ3n) is 1.77. The molecule has 3 nitrogen and oxygen atoms in total. The summed E-state index contributed by atoms with van der Waals surface area (Å²) >= 11 is 18.0. The standard InChI is InChI=1S/C8H10Cl3NO2S2/c9-3-1-2-4-12-16(13,14)6-5-7(10)15-8(6)11/h5,12H,1-4H2. The largest absolute Gasteiger partial charge is 0.242 e. The molecule has 8 heteroatoms. The first kappa shape index (κ1) is 14.5. The Morgan fingerprint density at radius 3 is 2.50 bits per heavy atom. The van der Waals surface area contributed by atoms with Gasteiger partial charge in [-0.2, -0.15) is 0 Å². The molecule has 92 valence electrons. The van der Waals surface area contributed by atoms with E-state index in [0.717, 1.165) is 17.8 Å². The average Bonchev–Trinajstić information content (AvgIpc) is 2.53. The van der Waals surface area contributed by atoms with E-state index in [2.05, 4.69) is 4.72 Å². The summed E-state index contributed by atoms with van der Waals surface area (Å²) in [5.41, 5.74) is 0. The third-order valence-corrected chi connectivity index (χ3v) is 5.25. The molecule has 1 rings (SSSR count). The van der Waals surface area contributed by atoms with Crippen LogP contribution in [0.25, 0.3) is 0 Å². The minimum atomic E-state index is -3.55. The molecule has 0 atom stereocenters. The van der Waals surface area contributed by atoms with Crippen LogP contribution in [-0.2, 0) is 10.0 Å². The quantitative estimate of drug-likeness (QED) is 0.645. The molecule has 1 N–H and O–H groups in total. The summed E-state index contributed by atoms with van der Waals surface area (Å²) in [4.78, 5) is 0.0371. The van der Waals surface area contributed by atoms with Gasteiger partial charge in [-0.15, -0.1) is 22.9 Å². The number of thiophene rings is 1. The second-order valence-electron chi connectivity index (χ2n) is 2.98. The Bertz CT molecular complexity index is 444. The van der Waals surface area contributed by atoms with Crippen LogP contribution in [0, 0.1) is 0 Å². The molecule has 0 aromatic carbocycles. The lowest BCUT2D eigenvalue weighted by atomic mass is 10.3. The van der Waals surface area contributed by atoms with Crippen molar-refractivity contribution in [2.24, 2.45) is 0 Å². The monoisotopic (exact) mass is 321 g/mol. The highest BCUT2D eigenvalue weighted by Crippen LogP contribution is 2.33. The fraction of sp³-hybridized carbons (Fsp3) is 0.500. The molecule has 1 heterocycles. The summed E-state index contributed by atoms with van der Waals surface area (Å²) in [5.74, 6) is 0.521. The van der Waals surface area contributed by atoms with Crippen molar-refractivity contribution in [1.29, 1.82) is 0 Å². The van der Waals surface area contributed by atoms with Crippen LogP contribution in [0.1, 0.15) is 12.8 Å². The molecule has 0 fully saturated rings. The van der Waals surface area contributed by atoms with Gasteiger partial charge in [-0.3, -0.25) is 0 Å². The van der Waals surface area contributed by atoms with Crippen molar-refractivity contribution < 1.29 is 8.42 Å². The zero-order valence-electron chi connectivity index (χ0n) is 8.17. The van der Waals surface area contributed by atoms with Gasteiger partial charge in [0.05, 0.1) is 4.34 Å². The number of halogens is 3. The number of alkyl halides is 1. The molecule has 16 heavy (non-hydrogen) atoms. The number of nitrogens with one attached hydrogen (secondary N) is 1. The van der Waals surface area contributed by atoms with Gasteiger partial charge < -0.3 is 0 Å². The number of sulfonamides is 1. The Balaban J connectivity index is 2.67. The van der Waals surface area contributed by atoms with E-state index >= 15 is 0 Å². The van der Waals surface area contributed by atoms with Crippen LogP contribution >= 0.6 is 46.1 Å². The van der Waals surface area contributed by atoms with E-state index in [1.54, 1.807) is 0 Å². The Hall–Kier alpha value is 0.480. The van der Waals surface area contributed by atoms with Gasteiger partial charge in [-0.05, 0) is 18.9 Å². The van der Waals surface area contributed by atoms with Gasteiger partial charge in [-0.1, -0.05) is 23.2 Å². The average molecular weight is 323 g/mol. The molecule has 0 saturated carbocycles. The first-order valence-corrected chi connectivity index (χ1v) is 8.07. The van der Waals surface area contributed by atoms with E-state index in [9.17, 15) is 8.42 Å². The third kappa shape index (κ3) is 4.05. The molecular formula is C8H10Cl3NO2S2. The fourth-order valence-corrected chi connectivity index (χ4v) is 4.42. The predicted molar refractivity (Wildman–Crippen MR) is 69.5 cm³/mol. The molecule has 0 bridgehead atoms. The first-order chi connectivity index (χ1) is 7.47. The van der Waals surface area contributed by atoms with Crippen molar-refractivity contribution in [1.82, 2.24) is 4.72 Å². The fourth-order valence-electron chi connectivity index (χ4n) is 1.01. The topological polar surface area (TPSA) is 46.2 Å². The minimum absolute atomic E-state index is 0.0371. The maximum atomic E-state index is 11.7. The molecule has 0 aliphatic heterocycles. The smallest absolute Gasteiger partial charge is 0.211 e. The van der Waals surface area contributed by atoms with Gasteiger partial charge in [0.25, 0.3) is 0 Å². The highest BCUT2D eigenvalue weighted by molar-refractivity contribution is 7.89. The zero-order chi connectivity index (χ0) is 12.2. The molecule has 0 amide bonds. The number of rotatable bonds is 6. The van der Waals surface area contributed by atoms with E-state index in [1.807, 2.05) is 0 Å². The Morgan fingerprint density at radius 2 is 2.00 bits per heavy atom. The molecule has 0 unspecified atom stereocenters. The van der Waals surface area contributed by atoms with Crippen LogP contribution in [0.5, 0.6) is 0 Å². The van der Waals surface area contributed by atoms with Crippen LogP contribution in [-0.4, -0.2) is 20.8 Å². The van der Waals surface area contributed by atoms with Crippen molar-refractivity contribution in [2.75, 3.05) is 12.4 Å². The number of hydrogen-bond donors (Lipinski definition) is 1. The van der Waals surface area contributed by atoms with Crippen LogP contribution in [0.3, 0.4) is 0 Å². The van der Waals surface area contributed by atoms with Gasteiger partial charge in [-0.25, -0.2) is 13.1 Å².